The Morgan fingerprint density at radius 1 is 1.05 bits per heavy atom. The van der Waals surface area contributed by atoms with Gasteiger partial charge in [0.05, 0.1) is 26.6 Å². The summed E-state index contributed by atoms with van der Waals surface area (Å²) in [6.07, 6.45) is 7.54. The predicted molar refractivity (Wildman–Crippen MR) is 176 cm³/mol. The van der Waals surface area contributed by atoms with Crippen molar-refractivity contribution in [3.8, 4) is 0 Å². The van der Waals surface area contributed by atoms with E-state index in [1.807, 2.05) is 35.8 Å². The SMILES string of the molecule is CCC(=Cc1sc2ccc(Cl)cc2[n+]1CC(CN1CCCCC1)S(=O)(=O)[O-])C=C1Sc2ccc(Cl)cc2N1CCS(=O)(=O)[O-]. The molecule has 2 aliphatic rings. The Morgan fingerprint density at radius 3 is 2.43 bits per heavy atom. The van der Waals surface area contributed by atoms with Gasteiger partial charge in [0.1, 0.15) is 20.1 Å². The zero-order valence-electron chi connectivity index (χ0n) is 23.9. The number of benzene rings is 2. The van der Waals surface area contributed by atoms with Crippen LogP contribution in [0, 0.1) is 0 Å². The van der Waals surface area contributed by atoms with Crippen molar-refractivity contribution in [2.24, 2.45) is 0 Å². The topological polar surface area (TPSA) is 125 Å². The van der Waals surface area contributed by atoms with Gasteiger partial charge in [-0.1, -0.05) is 59.6 Å². The summed E-state index contributed by atoms with van der Waals surface area (Å²) in [5.41, 5.74) is 2.34. The molecule has 1 unspecified atom stereocenters. The lowest BCUT2D eigenvalue weighted by molar-refractivity contribution is -0.668. The molecule has 0 radical (unpaired) electrons. The number of thioether (sulfide) groups is 1. The van der Waals surface area contributed by atoms with E-state index in [9.17, 15) is 25.9 Å². The second-order valence-corrected chi connectivity index (χ2v) is 17.0. The van der Waals surface area contributed by atoms with Gasteiger partial charge >= 0.3 is 0 Å². The third kappa shape index (κ3) is 8.37. The van der Waals surface area contributed by atoms with Crippen molar-refractivity contribution >= 4 is 88.5 Å². The van der Waals surface area contributed by atoms with Crippen LogP contribution in [0.15, 0.2) is 58.0 Å². The molecule has 1 aromatic heterocycles. The Bertz CT molecular complexity index is 1820. The largest absolute Gasteiger partial charge is 0.748 e. The fourth-order valence-electron chi connectivity index (χ4n) is 5.42. The van der Waals surface area contributed by atoms with E-state index in [0.29, 0.717) is 16.5 Å². The highest BCUT2D eigenvalue weighted by atomic mass is 35.5. The average molecular weight is 718 g/mol. The van der Waals surface area contributed by atoms with Crippen LogP contribution in [-0.4, -0.2) is 68.0 Å². The standard InChI is InChI=1S/C29H33Cl2N3O6S4/c1-2-20(14-28-33(12-13-43(35,36)37)24-16-21(30)6-8-26(24)41-28)15-29-34(25-17-22(31)7-9-27(25)42-29)19-23(44(38,39)40)18-32-10-4-3-5-11-32/h6-9,14-17,23H,2-5,10-13,18-19H2,1H3,(H-,35,36,37,38,39,40)/p-1. The molecule has 1 atom stereocenters. The number of halogens is 2. The van der Waals surface area contributed by atoms with Gasteiger partial charge < -0.3 is 18.9 Å². The molecule has 44 heavy (non-hydrogen) atoms. The number of allylic oxidation sites excluding steroid dienone is 2. The van der Waals surface area contributed by atoms with E-state index in [2.05, 4.69) is 4.90 Å². The molecule has 238 valence electrons. The molecule has 1 saturated heterocycles. The first kappa shape index (κ1) is 33.7. The summed E-state index contributed by atoms with van der Waals surface area (Å²) in [4.78, 5) is 4.72. The molecule has 5 rings (SSSR count). The molecule has 3 heterocycles. The maximum atomic E-state index is 12.5. The monoisotopic (exact) mass is 716 g/mol. The number of nitrogens with zero attached hydrogens (tertiary/aromatic N) is 3. The second-order valence-electron chi connectivity index (χ2n) is 10.8. The minimum absolute atomic E-state index is 0.0196. The molecule has 0 aliphatic carbocycles. The Kier molecular flexibility index (Phi) is 10.7. The van der Waals surface area contributed by atoms with Crippen LogP contribution in [0.3, 0.4) is 0 Å². The van der Waals surface area contributed by atoms with Crippen molar-refractivity contribution in [3.05, 3.63) is 68.1 Å². The summed E-state index contributed by atoms with van der Waals surface area (Å²) < 4.78 is 74.8. The van der Waals surface area contributed by atoms with Crippen LogP contribution in [0.1, 0.15) is 37.6 Å². The number of rotatable bonds is 11. The second kappa shape index (κ2) is 14.0. The number of hydrogen-bond donors (Lipinski definition) is 0. The zero-order chi connectivity index (χ0) is 31.6. The molecule has 0 saturated carbocycles. The van der Waals surface area contributed by atoms with Gasteiger partial charge in [-0.2, -0.15) is 4.57 Å². The Hall–Kier alpha value is -1.68. The van der Waals surface area contributed by atoms with Crippen molar-refractivity contribution in [2.45, 2.75) is 49.3 Å². The number of anilines is 1. The summed E-state index contributed by atoms with van der Waals surface area (Å²) in [6, 6.07) is 10.8. The fraction of sp³-hybridized carbons (Fsp3) is 0.414. The highest BCUT2D eigenvalue weighted by Gasteiger charge is 2.30. The minimum Gasteiger partial charge on any atom is -0.748 e. The van der Waals surface area contributed by atoms with E-state index in [-0.39, 0.29) is 19.6 Å². The van der Waals surface area contributed by atoms with Crippen LogP contribution >= 0.6 is 46.3 Å². The quantitative estimate of drug-likeness (QED) is 0.182. The van der Waals surface area contributed by atoms with Gasteiger partial charge in [-0.3, -0.25) is 0 Å². The van der Waals surface area contributed by atoms with Gasteiger partial charge in [-0.15, -0.1) is 0 Å². The number of hydrogen-bond acceptors (Lipinski definition) is 10. The number of aromatic nitrogens is 1. The van der Waals surface area contributed by atoms with Crippen LogP contribution in [0.5, 0.6) is 0 Å². The predicted octanol–water partition coefficient (Wildman–Crippen LogP) is 5.69. The zero-order valence-corrected chi connectivity index (χ0v) is 28.7. The highest BCUT2D eigenvalue weighted by molar-refractivity contribution is 8.03. The first-order chi connectivity index (χ1) is 20.8. The number of piperidine rings is 1. The molecule has 0 bridgehead atoms. The summed E-state index contributed by atoms with van der Waals surface area (Å²) in [7, 11) is -9.07. The third-order valence-corrected chi connectivity index (χ3v) is 12.2. The maximum absolute atomic E-state index is 12.5. The van der Waals surface area contributed by atoms with Gasteiger partial charge in [-0.05, 0) is 74.3 Å². The molecule has 0 spiro atoms. The van der Waals surface area contributed by atoms with Crippen LogP contribution in [0.25, 0.3) is 16.3 Å². The van der Waals surface area contributed by atoms with Crippen molar-refractivity contribution in [2.75, 3.05) is 36.8 Å². The summed E-state index contributed by atoms with van der Waals surface area (Å²) in [5.74, 6) is -0.568. The first-order valence-electron chi connectivity index (χ1n) is 14.2. The van der Waals surface area contributed by atoms with Crippen molar-refractivity contribution < 1.29 is 30.5 Å². The molecule has 1 fully saturated rings. The first-order valence-corrected chi connectivity index (χ1v) is 19.6. The van der Waals surface area contributed by atoms with E-state index in [0.717, 1.165) is 68.8 Å². The molecular weight excluding hydrogens is 686 g/mol. The minimum atomic E-state index is -4.62. The van der Waals surface area contributed by atoms with E-state index < -0.39 is 31.2 Å². The molecule has 0 N–H and O–H groups in total. The molecule has 2 aliphatic heterocycles. The van der Waals surface area contributed by atoms with Crippen LogP contribution < -0.4 is 9.47 Å². The molecule has 2 aromatic carbocycles. The summed E-state index contributed by atoms with van der Waals surface area (Å²) >= 11 is 15.5. The van der Waals surface area contributed by atoms with Gasteiger partial charge in [0.25, 0.3) is 5.01 Å². The summed E-state index contributed by atoms with van der Waals surface area (Å²) in [5, 5.41) is 1.33. The lowest BCUT2D eigenvalue weighted by Crippen LogP contribution is -2.49. The lowest BCUT2D eigenvalue weighted by Gasteiger charge is -2.30. The van der Waals surface area contributed by atoms with E-state index in [1.54, 1.807) is 29.2 Å². The molecule has 15 heteroatoms. The Balaban J connectivity index is 1.54. The van der Waals surface area contributed by atoms with Gasteiger partial charge in [0.15, 0.2) is 6.54 Å². The molecule has 9 nitrogen and oxygen atoms in total. The maximum Gasteiger partial charge on any atom is 0.263 e. The Morgan fingerprint density at radius 2 is 1.75 bits per heavy atom. The number of likely N-dealkylation sites (tertiary alicyclic amines) is 1. The normalized spacial score (nSPS) is 18.3. The van der Waals surface area contributed by atoms with Gasteiger partial charge in [0.2, 0.25) is 5.52 Å². The van der Waals surface area contributed by atoms with E-state index in [4.69, 9.17) is 23.2 Å². The van der Waals surface area contributed by atoms with Crippen LogP contribution in [0.2, 0.25) is 10.0 Å². The Labute approximate surface area is 276 Å². The van der Waals surface area contributed by atoms with E-state index >= 15 is 0 Å². The smallest absolute Gasteiger partial charge is 0.263 e. The van der Waals surface area contributed by atoms with Crippen LogP contribution in [-0.2, 0) is 26.8 Å². The number of thiazole rings is 1. The lowest BCUT2D eigenvalue weighted by atomic mass is 10.1. The molecular formula is C29H32Cl2N3O6S4-. The van der Waals surface area contributed by atoms with Crippen LogP contribution in [0.4, 0.5) is 5.69 Å². The van der Waals surface area contributed by atoms with Gasteiger partial charge in [-0.25, -0.2) is 16.8 Å². The molecule has 0 amide bonds. The average Bonchev–Trinajstić information content (AvgIpc) is 3.46. The highest BCUT2D eigenvalue weighted by Crippen LogP contribution is 2.47. The number of fused-ring (bicyclic) bond motifs is 2. The van der Waals surface area contributed by atoms with Crippen molar-refractivity contribution in [1.82, 2.24) is 4.90 Å². The van der Waals surface area contributed by atoms with E-state index in [1.165, 1.54) is 23.1 Å². The fourth-order valence-corrected chi connectivity index (χ4v) is 9.16. The van der Waals surface area contributed by atoms with Gasteiger partial charge in [0, 0.05) is 40.2 Å². The summed E-state index contributed by atoms with van der Waals surface area (Å²) in [6.45, 7) is 3.63. The van der Waals surface area contributed by atoms with Crippen molar-refractivity contribution in [3.63, 3.8) is 0 Å². The third-order valence-electron chi connectivity index (χ3n) is 7.68. The molecule has 3 aromatic rings. The van der Waals surface area contributed by atoms with Crippen molar-refractivity contribution in [1.29, 1.82) is 0 Å².